The van der Waals surface area contributed by atoms with Gasteiger partial charge in [0.1, 0.15) is 42.4 Å². The molecular weight excluding hydrogens is 827 g/mol. The molecular formula is C47H39N5O12. The van der Waals surface area contributed by atoms with Gasteiger partial charge >= 0.3 is 24.1 Å². The first kappa shape index (κ1) is 42.6. The number of ether oxygens (including phenoxy) is 3. The number of benzene rings is 5. The molecule has 0 aliphatic carbocycles. The first-order valence-electron chi connectivity index (χ1n) is 20.0. The maximum absolute atomic E-state index is 15.9. The van der Waals surface area contributed by atoms with E-state index in [9.17, 15) is 39.5 Å². The number of hydrogen-bond acceptors (Lipinski definition) is 12. The molecule has 5 N–H and O–H groups in total. The van der Waals surface area contributed by atoms with Crippen LogP contribution in [-0.2, 0) is 35.9 Å². The number of nitrogens with zero attached hydrogens (tertiary/aromatic N) is 3. The van der Waals surface area contributed by atoms with E-state index in [1.165, 1.54) is 42.5 Å². The van der Waals surface area contributed by atoms with E-state index in [1.807, 2.05) is 12.1 Å². The van der Waals surface area contributed by atoms with E-state index >= 15 is 4.79 Å². The molecule has 0 radical (unpaired) electrons. The number of carboxylic acids is 1. The molecule has 3 aliphatic heterocycles. The topological polar surface area (TPSA) is 241 Å². The summed E-state index contributed by atoms with van der Waals surface area (Å²) in [4.78, 5) is 83.9. The third-order valence-electron chi connectivity index (χ3n) is 11.6. The number of nitro benzene ring substituents is 1. The summed E-state index contributed by atoms with van der Waals surface area (Å²) in [5.74, 6) is 0.672. The van der Waals surface area contributed by atoms with Gasteiger partial charge < -0.3 is 35.5 Å². The zero-order valence-electron chi connectivity index (χ0n) is 33.7. The van der Waals surface area contributed by atoms with Gasteiger partial charge in [-0.1, -0.05) is 84.6 Å². The van der Waals surface area contributed by atoms with Crippen LogP contribution in [0, 0.1) is 27.9 Å². The molecule has 3 heterocycles. The van der Waals surface area contributed by atoms with E-state index < -0.39 is 77.1 Å². The van der Waals surface area contributed by atoms with Crippen LogP contribution in [0.1, 0.15) is 51.6 Å². The number of carboxylic acid groups (broad SMARTS) is 1. The molecule has 324 valence electrons. The Balaban J connectivity index is 1.37. The zero-order chi connectivity index (χ0) is 45.1. The minimum absolute atomic E-state index is 0.0236. The van der Waals surface area contributed by atoms with Crippen molar-refractivity contribution < 1.29 is 53.3 Å². The van der Waals surface area contributed by atoms with Crippen molar-refractivity contribution in [3.8, 4) is 17.6 Å². The van der Waals surface area contributed by atoms with Crippen molar-refractivity contribution in [1.82, 2.24) is 10.2 Å². The summed E-state index contributed by atoms with van der Waals surface area (Å²) in [6, 6.07) is 29.4. The number of morpholine rings is 1. The number of urea groups is 1. The molecule has 4 amide bonds. The molecule has 2 fully saturated rings. The van der Waals surface area contributed by atoms with Crippen LogP contribution in [0.2, 0.25) is 0 Å². The average molecular weight is 866 g/mol. The minimum Gasteiger partial charge on any atom is -0.491 e. The monoisotopic (exact) mass is 865 g/mol. The molecule has 6 atom stereocenters. The van der Waals surface area contributed by atoms with Crippen LogP contribution in [0.5, 0.6) is 5.75 Å². The quantitative estimate of drug-likeness (QED) is 0.0588. The first-order chi connectivity index (χ1) is 30.9. The second kappa shape index (κ2) is 17.7. The normalized spacial score (nSPS) is 22.1. The fourth-order valence-electron chi connectivity index (χ4n) is 9.06. The van der Waals surface area contributed by atoms with Crippen LogP contribution < -0.4 is 20.7 Å². The van der Waals surface area contributed by atoms with Crippen molar-refractivity contribution >= 4 is 41.3 Å². The molecule has 1 spiro atoms. The highest BCUT2D eigenvalue weighted by molar-refractivity contribution is 6.23. The van der Waals surface area contributed by atoms with Gasteiger partial charge in [0.25, 0.3) is 5.69 Å². The number of aliphatic hydroxyl groups is 1. The number of hydrogen-bond donors (Lipinski definition) is 4. The van der Waals surface area contributed by atoms with E-state index in [1.54, 1.807) is 77.7 Å². The molecule has 0 bridgehead atoms. The molecule has 17 nitrogen and oxygen atoms in total. The van der Waals surface area contributed by atoms with Gasteiger partial charge in [0.15, 0.2) is 0 Å². The lowest BCUT2D eigenvalue weighted by Crippen LogP contribution is -2.53. The number of primary amides is 1. The maximum Gasteiger partial charge on any atom is 0.421 e. The zero-order valence-corrected chi connectivity index (χ0v) is 33.7. The number of non-ortho nitro benzene ring substituents is 1. The number of aliphatic carboxylic acids is 1. The molecule has 0 unspecified atom stereocenters. The van der Waals surface area contributed by atoms with Crippen LogP contribution in [0.15, 0.2) is 127 Å². The fraction of sp³-hybridized carbons (Fsp3) is 0.213. The summed E-state index contributed by atoms with van der Waals surface area (Å²) < 4.78 is 17.7. The predicted octanol–water partition coefficient (Wildman–Crippen LogP) is 5.07. The highest BCUT2D eigenvalue weighted by atomic mass is 16.6. The lowest BCUT2D eigenvalue weighted by Gasteiger charge is -2.46. The summed E-state index contributed by atoms with van der Waals surface area (Å²) >= 11 is 0. The molecule has 2 saturated heterocycles. The first-order valence-corrected chi connectivity index (χ1v) is 20.0. The van der Waals surface area contributed by atoms with Crippen molar-refractivity contribution in [1.29, 1.82) is 0 Å². The Morgan fingerprint density at radius 2 is 1.55 bits per heavy atom. The Morgan fingerprint density at radius 3 is 2.17 bits per heavy atom. The van der Waals surface area contributed by atoms with Crippen molar-refractivity contribution in [2.24, 2.45) is 11.7 Å². The third kappa shape index (κ3) is 7.61. The van der Waals surface area contributed by atoms with Crippen molar-refractivity contribution in [2.75, 3.05) is 24.7 Å². The number of rotatable bonds is 11. The minimum atomic E-state index is -2.29. The van der Waals surface area contributed by atoms with Crippen LogP contribution in [0.4, 0.5) is 21.0 Å². The number of cyclic esters (lactones) is 1. The molecule has 17 heteroatoms. The number of fused-ring (bicyclic) bond motifs is 3. The number of nitro groups is 1. The van der Waals surface area contributed by atoms with Gasteiger partial charge in [-0.25, -0.2) is 14.5 Å². The maximum atomic E-state index is 15.9. The molecule has 5 aromatic rings. The van der Waals surface area contributed by atoms with Crippen molar-refractivity contribution in [3.05, 3.63) is 171 Å². The Labute approximate surface area is 365 Å². The Kier molecular flexibility index (Phi) is 11.8. The molecule has 64 heavy (non-hydrogen) atoms. The largest absolute Gasteiger partial charge is 0.491 e. The summed E-state index contributed by atoms with van der Waals surface area (Å²) in [6.45, 7) is -0.860. The average Bonchev–Trinajstić information content (AvgIpc) is 3.76. The third-order valence-corrected chi connectivity index (χ3v) is 11.6. The van der Waals surface area contributed by atoms with Gasteiger partial charge in [-0.15, -0.1) is 0 Å². The van der Waals surface area contributed by atoms with Gasteiger partial charge in [-0.2, -0.15) is 0 Å². The van der Waals surface area contributed by atoms with Crippen LogP contribution in [-0.4, -0.2) is 75.8 Å². The summed E-state index contributed by atoms with van der Waals surface area (Å²) in [5.41, 5.74) is 4.99. The number of anilines is 1. The van der Waals surface area contributed by atoms with Gasteiger partial charge in [0.05, 0.1) is 35.8 Å². The number of esters is 1. The predicted molar refractivity (Wildman–Crippen MR) is 226 cm³/mol. The number of imide groups is 1. The van der Waals surface area contributed by atoms with Crippen molar-refractivity contribution in [3.63, 3.8) is 0 Å². The number of nitrogens with two attached hydrogens (primary N) is 1. The highest BCUT2D eigenvalue weighted by Gasteiger charge is 2.76. The van der Waals surface area contributed by atoms with Gasteiger partial charge in [0.2, 0.25) is 5.91 Å². The van der Waals surface area contributed by atoms with Crippen molar-refractivity contribution in [2.45, 2.75) is 36.3 Å². The van der Waals surface area contributed by atoms with Gasteiger partial charge in [-0.05, 0) is 70.3 Å². The van der Waals surface area contributed by atoms with Gasteiger partial charge in [-0.3, -0.25) is 29.4 Å². The lowest BCUT2D eigenvalue weighted by molar-refractivity contribution is -0.384. The van der Waals surface area contributed by atoms with Crippen LogP contribution >= 0.6 is 0 Å². The standard InChI is InChI=1S/C47H39N5O12/c48-45(58)49-23-7-8-28-15-22-36-35(26-28)47(44(57)50(36)46(59)63-27-29-13-18-33(19-14-29)52(60)61)37(42(54)55)39-43(56)64-40(31-11-5-2-6-12-31)38(30-9-3-1-4-10-30)51(39)41(47)32-16-20-34(21-17-32)62-25-24-53/h1-6,9-22,26,37-41,53H,23-25,27H2,(H,54,55)(H3,48,49,58)/t37-,38-,39-,40+,41+,47-/m0/s1. The number of carbonyl (C=O) groups is 5. The summed E-state index contributed by atoms with van der Waals surface area (Å²) in [7, 11) is 0. The summed E-state index contributed by atoms with van der Waals surface area (Å²) in [6.07, 6.45) is -2.20. The Morgan fingerprint density at radius 1 is 0.875 bits per heavy atom. The fourth-order valence-corrected chi connectivity index (χ4v) is 9.06. The number of carbonyl (C=O) groups excluding carboxylic acids is 4. The van der Waals surface area contributed by atoms with E-state index in [4.69, 9.17) is 19.9 Å². The van der Waals surface area contributed by atoms with E-state index in [-0.39, 0.29) is 42.3 Å². The Hall–Kier alpha value is -8.07. The van der Waals surface area contributed by atoms with Crippen LogP contribution in [0.3, 0.4) is 0 Å². The molecule has 3 aliphatic rings. The molecule has 0 saturated carbocycles. The number of aliphatic hydroxyl groups excluding tert-OH is 1. The van der Waals surface area contributed by atoms with Crippen LogP contribution in [0.25, 0.3) is 0 Å². The molecule has 0 aromatic heterocycles. The number of amides is 4. The lowest BCUT2D eigenvalue weighted by atomic mass is 9.65. The second-order valence-corrected chi connectivity index (χ2v) is 15.1. The SMILES string of the molecule is NC(=O)NCC#Cc1ccc2c(c1)[C@]1(C(=O)N2C(=O)OCc2ccc([N+](=O)[O-])cc2)[C@H](C(=O)O)[C@H]2C(=O)O[C@H](c3ccccc3)[C@H](c3ccccc3)N2[C@@H]1c1ccc(OCCO)cc1. The smallest absolute Gasteiger partial charge is 0.421 e. The second-order valence-electron chi connectivity index (χ2n) is 15.1. The van der Waals surface area contributed by atoms with E-state index in [0.717, 1.165) is 4.90 Å². The summed E-state index contributed by atoms with van der Waals surface area (Å²) in [5, 5.41) is 34.6. The van der Waals surface area contributed by atoms with E-state index in [2.05, 4.69) is 17.2 Å². The highest BCUT2D eigenvalue weighted by Crippen LogP contribution is 2.66. The molecule has 5 aromatic carbocycles. The van der Waals surface area contributed by atoms with Gasteiger partial charge in [0, 0.05) is 17.7 Å². The number of nitrogens with one attached hydrogen (secondary N) is 1. The van der Waals surface area contributed by atoms with E-state index in [0.29, 0.717) is 28.0 Å². The Bertz CT molecular complexity index is 2690. The molecule has 8 rings (SSSR count).